The number of hydrogen-bond acceptors (Lipinski definition) is 3. The van der Waals surface area contributed by atoms with Crippen molar-refractivity contribution in [1.29, 1.82) is 0 Å². The van der Waals surface area contributed by atoms with E-state index in [1.54, 1.807) is 21.5 Å². The van der Waals surface area contributed by atoms with E-state index in [0.717, 1.165) is 17.5 Å². The molecule has 36 heavy (non-hydrogen) atoms. The van der Waals surface area contributed by atoms with Gasteiger partial charge >= 0.3 is 0 Å². The Morgan fingerprint density at radius 3 is 2.19 bits per heavy atom. The predicted octanol–water partition coefficient (Wildman–Crippen LogP) is 5.43. The second-order valence-electron chi connectivity index (χ2n) is 8.90. The summed E-state index contributed by atoms with van der Waals surface area (Å²) >= 11 is 0. The lowest BCUT2D eigenvalue weighted by Gasteiger charge is -2.22. The molecule has 0 spiro atoms. The van der Waals surface area contributed by atoms with Gasteiger partial charge in [-0.3, -0.25) is 18.8 Å². The van der Waals surface area contributed by atoms with Gasteiger partial charge in [-0.1, -0.05) is 73.7 Å². The average Bonchev–Trinajstić information content (AvgIpc) is 3.33. The maximum absolute atomic E-state index is 14.1. The van der Waals surface area contributed by atoms with Crippen molar-refractivity contribution >= 4 is 16.7 Å². The van der Waals surface area contributed by atoms with E-state index < -0.39 is 0 Å². The molecule has 2 heterocycles. The van der Waals surface area contributed by atoms with Crippen molar-refractivity contribution in [1.82, 2.24) is 19.7 Å². The number of para-hydroxylation sites is 1. The van der Waals surface area contributed by atoms with Crippen molar-refractivity contribution < 1.29 is 4.79 Å². The summed E-state index contributed by atoms with van der Waals surface area (Å²) in [4.78, 5) is 27.9. The van der Waals surface area contributed by atoms with Crippen LogP contribution in [0.25, 0.3) is 16.5 Å². The lowest BCUT2D eigenvalue weighted by atomic mass is 10.00. The first-order chi connectivity index (χ1) is 17.6. The summed E-state index contributed by atoms with van der Waals surface area (Å²) in [7, 11) is 0. The molecule has 1 atom stereocenters. The zero-order valence-corrected chi connectivity index (χ0v) is 20.4. The molecule has 0 bridgehead atoms. The molecule has 3 aromatic carbocycles. The average molecular weight is 477 g/mol. The van der Waals surface area contributed by atoms with Crippen molar-refractivity contribution in [2.24, 2.45) is 0 Å². The van der Waals surface area contributed by atoms with E-state index in [-0.39, 0.29) is 24.1 Å². The van der Waals surface area contributed by atoms with E-state index in [4.69, 9.17) is 0 Å². The minimum absolute atomic E-state index is 0.158. The molecule has 0 saturated heterocycles. The summed E-state index contributed by atoms with van der Waals surface area (Å²) in [6, 6.07) is 26.6. The molecule has 0 unspecified atom stereocenters. The first kappa shape index (κ1) is 23.3. The van der Waals surface area contributed by atoms with Crippen molar-refractivity contribution in [3.63, 3.8) is 0 Å². The van der Waals surface area contributed by atoms with Gasteiger partial charge in [-0.2, -0.15) is 5.10 Å². The van der Waals surface area contributed by atoms with E-state index in [9.17, 15) is 9.59 Å². The molecule has 180 valence electrons. The highest BCUT2D eigenvalue weighted by molar-refractivity contribution is 6.08. The molecule has 0 aliphatic carbocycles. The zero-order chi connectivity index (χ0) is 25.1. The van der Waals surface area contributed by atoms with Crippen LogP contribution in [0.1, 0.15) is 46.6 Å². The molecule has 0 radical (unpaired) electrons. The van der Waals surface area contributed by atoms with Gasteiger partial charge in [-0.15, -0.1) is 0 Å². The summed E-state index contributed by atoms with van der Waals surface area (Å²) in [6.45, 7) is 4.29. The maximum atomic E-state index is 14.1. The molecule has 1 N–H and O–H groups in total. The van der Waals surface area contributed by atoms with Crippen LogP contribution in [0.3, 0.4) is 0 Å². The van der Waals surface area contributed by atoms with E-state index in [0.29, 0.717) is 27.7 Å². The minimum atomic E-state index is -0.217. The smallest absolute Gasteiger partial charge is 0.263 e. The largest absolute Gasteiger partial charge is 0.345 e. The van der Waals surface area contributed by atoms with Crippen molar-refractivity contribution in [2.45, 2.75) is 32.9 Å². The highest BCUT2D eigenvalue weighted by atomic mass is 16.2. The number of rotatable bonds is 7. The molecule has 0 fully saturated rings. The Balaban J connectivity index is 1.75. The van der Waals surface area contributed by atoms with Crippen LogP contribution < -0.4 is 10.9 Å². The van der Waals surface area contributed by atoms with Crippen LogP contribution >= 0.6 is 0 Å². The van der Waals surface area contributed by atoms with Crippen LogP contribution in [-0.2, 0) is 6.54 Å². The number of carbonyl (C=O) groups is 1. The van der Waals surface area contributed by atoms with Crippen LogP contribution in [0.4, 0.5) is 0 Å². The Morgan fingerprint density at radius 1 is 0.917 bits per heavy atom. The Hall–Kier alpha value is -4.45. The fourth-order valence-corrected chi connectivity index (χ4v) is 4.69. The number of hydrogen-bond donors (Lipinski definition) is 1. The van der Waals surface area contributed by atoms with Crippen molar-refractivity contribution in [3.8, 4) is 5.69 Å². The molecule has 6 nitrogen and oxygen atoms in total. The van der Waals surface area contributed by atoms with Crippen LogP contribution in [-0.4, -0.2) is 20.3 Å². The van der Waals surface area contributed by atoms with Gasteiger partial charge in [-0.05, 0) is 42.7 Å². The summed E-state index contributed by atoms with van der Waals surface area (Å²) in [6.07, 6.45) is 4.42. The first-order valence-electron chi connectivity index (χ1n) is 12.1. The number of fused-ring (bicyclic) bond motifs is 1. The van der Waals surface area contributed by atoms with E-state index in [1.165, 1.54) is 0 Å². The van der Waals surface area contributed by atoms with E-state index in [2.05, 4.69) is 10.4 Å². The highest BCUT2D eigenvalue weighted by Gasteiger charge is 2.25. The third-order valence-corrected chi connectivity index (χ3v) is 6.42. The van der Waals surface area contributed by atoms with Crippen LogP contribution in [0.5, 0.6) is 0 Å². The standard InChI is InChI=1S/C30H28N4O2/c1-3-26(22-12-6-4-7-13-22)32-29(35)28-24-16-10-11-17-25(24)30(36)34(23-14-8-5-9-15-23)27(28)20-33-19-21(2)18-31-33/h4-19,26H,3,20H2,1-2H3,(H,32,35)/t26-/m0/s1. The number of aromatic nitrogens is 3. The summed E-state index contributed by atoms with van der Waals surface area (Å²) in [5.74, 6) is -0.217. The molecule has 0 aliphatic rings. The Morgan fingerprint density at radius 2 is 1.56 bits per heavy atom. The zero-order valence-electron chi connectivity index (χ0n) is 20.4. The van der Waals surface area contributed by atoms with Crippen molar-refractivity contribution in [2.75, 3.05) is 0 Å². The first-order valence-corrected chi connectivity index (χ1v) is 12.1. The fourth-order valence-electron chi connectivity index (χ4n) is 4.69. The maximum Gasteiger partial charge on any atom is 0.263 e. The van der Waals surface area contributed by atoms with E-state index in [1.807, 2.05) is 98.9 Å². The van der Waals surface area contributed by atoms with Gasteiger partial charge in [0, 0.05) is 22.7 Å². The van der Waals surface area contributed by atoms with Gasteiger partial charge in [0.05, 0.1) is 30.0 Å². The van der Waals surface area contributed by atoms with Gasteiger partial charge in [0.15, 0.2) is 0 Å². The van der Waals surface area contributed by atoms with Gasteiger partial charge in [0.1, 0.15) is 0 Å². The molecular weight excluding hydrogens is 448 g/mol. The van der Waals surface area contributed by atoms with Gasteiger partial charge in [0.2, 0.25) is 0 Å². The molecule has 2 aromatic heterocycles. The lowest BCUT2D eigenvalue weighted by Crippen LogP contribution is -2.33. The molecule has 1 amide bonds. The molecule has 5 aromatic rings. The molecule has 5 rings (SSSR count). The molecule has 0 aliphatic heterocycles. The summed E-state index contributed by atoms with van der Waals surface area (Å²) in [5.41, 5.74) is 3.66. The van der Waals surface area contributed by atoms with Crippen molar-refractivity contribution in [3.05, 3.63) is 130 Å². The number of nitrogens with one attached hydrogen (secondary N) is 1. The Labute approximate surface area is 209 Å². The molecule has 0 saturated carbocycles. The van der Waals surface area contributed by atoms with E-state index >= 15 is 0 Å². The summed E-state index contributed by atoms with van der Waals surface area (Å²) < 4.78 is 3.42. The highest BCUT2D eigenvalue weighted by Crippen LogP contribution is 2.25. The fraction of sp³-hybridized carbons (Fsp3) is 0.167. The third-order valence-electron chi connectivity index (χ3n) is 6.42. The minimum Gasteiger partial charge on any atom is -0.345 e. The quantitative estimate of drug-likeness (QED) is 0.341. The Bertz CT molecular complexity index is 1570. The second-order valence-corrected chi connectivity index (χ2v) is 8.90. The summed E-state index contributed by atoms with van der Waals surface area (Å²) in [5, 5.41) is 8.82. The number of nitrogens with zero attached hydrogens (tertiary/aromatic N) is 3. The molecular formula is C30H28N4O2. The van der Waals surface area contributed by atoms with Crippen LogP contribution in [0.2, 0.25) is 0 Å². The van der Waals surface area contributed by atoms with Gasteiger partial charge < -0.3 is 5.32 Å². The van der Waals surface area contributed by atoms with Gasteiger partial charge in [-0.25, -0.2) is 0 Å². The number of carbonyl (C=O) groups excluding carboxylic acids is 1. The monoisotopic (exact) mass is 476 g/mol. The number of benzene rings is 3. The third kappa shape index (κ3) is 4.45. The normalized spacial score (nSPS) is 11.9. The SMILES string of the molecule is CC[C@H](NC(=O)c1c(Cn2cc(C)cn2)n(-c2ccccc2)c(=O)c2ccccc12)c1ccccc1. The number of aryl methyl sites for hydroxylation is 1. The lowest BCUT2D eigenvalue weighted by molar-refractivity contribution is 0.0935. The van der Waals surface area contributed by atoms with Crippen LogP contribution in [0, 0.1) is 6.92 Å². The topological polar surface area (TPSA) is 68.9 Å². The predicted molar refractivity (Wildman–Crippen MR) is 143 cm³/mol. The van der Waals surface area contributed by atoms with Gasteiger partial charge in [0.25, 0.3) is 11.5 Å². The molecule has 6 heteroatoms. The number of pyridine rings is 1. The van der Waals surface area contributed by atoms with Crippen LogP contribution in [0.15, 0.2) is 102 Å². The number of amides is 1. The Kier molecular flexibility index (Phi) is 6.50. The second kappa shape index (κ2) is 10.0.